The van der Waals surface area contributed by atoms with Gasteiger partial charge in [-0.2, -0.15) is 8.78 Å². The third-order valence-corrected chi connectivity index (χ3v) is 3.42. The lowest BCUT2D eigenvalue weighted by Crippen LogP contribution is -2.35. The molecule has 0 aliphatic carbocycles. The van der Waals surface area contributed by atoms with Crippen LogP contribution in [0.25, 0.3) is 0 Å². The minimum Gasteiger partial charge on any atom is -0.434 e. The summed E-state index contributed by atoms with van der Waals surface area (Å²) in [6.07, 6.45) is 0.850. The molecule has 1 aromatic carbocycles. The van der Waals surface area contributed by atoms with Crippen LogP contribution in [0.15, 0.2) is 18.2 Å². The molecule has 1 aliphatic rings. The van der Waals surface area contributed by atoms with Crippen molar-refractivity contribution in [1.29, 1.82) is 0 Å². The van der Waals surface area contributed by atoms with E-state index in [1.807, 2.05) is 4.90 Å². The molecule has 1 aromatic rings. The molecule has 1 fully saturated rings. The van der Waals surface area contributed by atoms with Crippen LogP contribution in [0.5, 0.6) is 5.75 Å². The van der Waals surface area contributed by atoms with Gasteiger partial charge < -0.3 is 9.84 Å². The number of halogens is 2. The van der Waals surface area contributed by atoms with Crippen molar-refractivity contribution in [2.45, 2.75) is 32.1 Å². The van der Waals surface area contributed by atoms with E-state index in [0.29, 0.717) is 31.5 Å². The van der Waals surface area contributed by atoms with Gasteiger partial charge in [-0.05, 0) is 18.9 Å². The Kier molecular flexibility index (Phi) is 5.03. The van der Waals surface area contributed by atoms with E-state index in [0.717, 1.165) is 6.07 Å². The maximum atomic E-state index is 12.4. The van der Waals surface area contributed by atoms with Crippen LogP contribution < -0.4 is 4.74 Å². The Labute approximate surface area is 120 Å². The lowest BCUT2D eigenvalue weighted by Gasteiger charge is -2.29. The smallest absolute Gasteiger partial charge is 0.387 e. The molecule has 0 saturated carbocycles. The first-order valence-electron chi connectivity index (χ1n) is 6.58. The second kappa shape index (κ2) is 6.77. The van der Waals surface area contributed by atoms with E-state index in [-0.39, 0.29) is 24.1 Å². The molecule has 116 valence electrons. The van der Waals surface area contributed by atoms with E-state index in [9.17, 15) is 24.0 Å². The summed E-state index contributed by atoms with van der Waals surface area (Å²) in [5, 5.41) is 20.2. The average molecular weight is 302 g/mol. The highest BCUT2D eigenvalue weighted by atomic mass is 19.3. The summed E-state index contributed by atoms with van der Waals surface area (Å²) in [4.78, 5) is 12.2. The van der Waals surface area contributed by atoms with Crippen LogP contribution in [0.2, 0.25) is 0 Å². The van der Waals surface area contributed by atoms with Gasteiger partial charge in [0, 0.05) is 37.3 Å². The van der Waals surface area contributed by atoms with Crippen molar-refractivity contribution < 1.29 is 23.5 Å². The summed E-state index contributed by atoms with van der Waals surface area (Å²) in [6.45, 7) is -1.49. The number of non-ortho nitro benzene ring substituents is 1. The molecule has 21 heavy (non-hydrogen) atoms. The van der Waals surface area contributed by atoms with Gasteiger partial charge in [-0.1, -0.05) is 0 Å². The van der Waals surface area contributed by atoms with Crippen molar-refractivity contribution in [3.05, 3.63) is 33.9 Å². The number of nitrogens with zero attached hydrogens (tertiary/aromatic N) is 2. The minimum absolute atomic E-state index is 0.0540. The van der Waals surface area contributed by atoms with Crippen molar-refractivity contribution in [2.75, 3.05) is 13.1 Å². The lowest BCUT2D eigenvalue weighted by molar-refractivity contribution is -0.385. The molecule has 1 aliphatic heterocycles. The fraction of sp³-hybridized carbons (Fsp3) is 0.538. The highest BCUT2D eigenvalue weighted by molar-refractivity contribution is 5.43. The molecule has 0 atom stereocenters. The summed E-state index contributed by atoms with van der Waals surface area (Å²) >= 11 is 0. The largest absolute Gasteiger partial charge is 0.434 e. The van der Waals surface area contributed by atoms with E-state index in [2.05, 4.69) is 4.74 Å². The highest BCUT2D eigenvalue weighted by Crippen LogP contribution is 2.27. The maximum Gasteiger partial charge on any atom is 0.387 e. The predicted molar refractivity (Wildman–Crippen MR) is 70.2 cm³/mol. The van der Waals surface area contributed by atoms with Gasteiger partial charge in [-0.3, -0.25) is 15.0 Å². The maximum absolute atomic E-state index is 12.4. The van der Waals surface area contributed by atoms with E-state index >= 15 is 0 Å². The zero-order valence-corrected chi connectivity index (χ0v) is 11.2. The number of aliphatic hydroxyl groups is 1. The third kappa shape index (κ3) is 4.33. The summed E-state index contributed by atoms with van der Waals surface area (Å²) in [5.74, 6) is -0.0540. The summed E-state index contributed by atoms with van der Waals surface area (Å²) in [6, 6.07) is 3.59. The Morgan fingerprint density at radius 2 is 2.10 bits per heavy atom. The second-order valence-corrected chi connectivity index (χ2v) is 4.93. The van der Waals surface area contributed by atoms with Gasteiger partial charge in [0.15, 0.2) is 0 Å². The molecule has 0 aromatic heterocycles. The van der Waals surface area contributed by atoms with E-state index in [1.54, 1.807) is 0 Å². The Hall–Kier alpha value is -1.80. The minimum atomic E-state index is -2.98. The first kappa shape index (κ1) is 15.6. The monoisotopic (exact) mass is 302 g/mol. The molecule has 8 heteroatoms. The highest BCUT2D eigenvalue weighted by Gasteiger charge is 2.21. The van der Waals surface area contributed by atoms with Crippen molar-refractivity contribution >= 4 is 5.69 Å². The molecule has 0 amide bonds. The zero-order valence-electron chi connectivity index (χ0n) is 11.2. The summed E-state index contributed by atoms with van der Waals surface area (Å²) < 4.78 is 29.2. The molecular formula is C13H16F2N2O4. The van der Waals surface area contributed by atoms with Gasteiger partial charge in [-0.25, -0.2) is 0 Å². The number of alkyl halides is 2. The third-order valence-electron chi connectivity index (χ3n) is 3.42. The molecule has 0 bridgehead atoms. The molecule has 2 rings (SSSR count). The average Bonchev–Trinajstić information content (AvgIpc) is 2.42. The number of ether oxygens (including phenoxy) is 1. The van der Waals surface area contributed by atoms with Crippen LogP contribution in [0, 0.1) is 10.1 Å². The molecule has 0 unspecified atom stereocenters. The van der Waals surface area contributed by atoms with Gasteiger partial charge in [0.1, 0.15) is 5.75 Å². The number of nitro groups is 1. The van der Waals surface area contributed by atoms with Gasteiger partial charge in [-0.15, -0.1) is 0 Å². The lowest BCUT2D eigenvalue weighted by atomic mass is 10.1. The van der Waals surface area contributed by atoms with Crippen molar-refractivity contribution in [3.63, 3.8) is 0 Å². The SMILES string of the molecule is O=[N+]([O-])c1ccc(OC(F)F)c(CN2CCC(O)CC2)c1. The fourth-order valence-electron chi connectivity index (χ4n) is 2.33. The molecule has 0 radical (unpaired) electrons. The molecular weight excluding hydrogens is 286 g/mol. The molecule has 0 spiro atoms. The first-order chi connectivity index (χ1) is 9.95. The van der Waals surface area contributed by atoms with Crippen molar-refractivity contribution in [1.82, 2.24) is 4.90 Å². The molecule has 1 heterocycles. The Morgan fingerprint density at radius 1 is 1.43 bits per heavy atom. The Morgan fingerprint density at radius 3 is 2.67 bits per heavy atom. The number of nitro benzene ring substituents is 1. The van der Waals surface area contributed by atoms with E-state index in [4.69, 9.17) is 0 Å². The fourth-order valence-corrected chi connectivity index (χ4v) is 2.33. The zero-order chi connectivity index (χ0) is 15.4. The number of likely N-dealkylation sites (tertiary alicyclic amines) is 1. The van der Waals surface area contributed by atoms with Crippen molar-refractivity contribution in [2.24, 2.45) is 0 Å². The predicted octanol–water partition coefficient (Wildman–Crippen LogP) is 2.15. The van der Waals surface area contributed by atoms with Crippen LogP contribution in [0.1, 0.15) is 18.4 Å². The number of benzene rings is 1. The quantitative estimate of drug-likeness (QED) is 0.666. The van der Waals surface area contributed by atoms with Crippen molar-refractivity contribution in [3.8, 4) is 5.75 Å². The van der Waals surface area contributed by atoms with Crippen LogP contribution in [-0.4, -0.2) is 40.7 Å². The van der Waals surface area contributed by atoms with Crippen LogP contribution in [0.3, 0.4) is 0 Å². The number of aliphatic hydroxyl groups excluding tert-OH is 1. The topological polar surface area (TPSA) is 75.8 Å². The van der Waals surface area contributed by atoms with Gasteiger partial charge >= 0.3 is 6.61 Å². The molecule has 1 N–H and O–H groups in total. The van der Waals surface area contributed by atoms with Gasteiger partial charge in [0.25, 0.3) is 5.69 Å². The molecule has 6 nitrogen and oxygen atoms in total. The van der Waals surface area contributed by atoms with Crippen LogP contribution in [0.4, 0.5) is 14.5 Å². The number of piperidine rings is 1. The number of hydrogen-bond acceptors (Lipinski definition) is 5. The Balaban J connectivity index is 2.17. The number of rotatable bonds is 5. The standard InChI is InChI=1S/C13H16F2N2O4/c14-13(15)21-12-2-1-10(17(19)20)7-9(12)8-16-5-3-11(18)4-6-16/h1-2,7,11,13,18H,3-6,8H2. The van der Waals surface area contributed by atoms with E-state index < -0.39 is 11.5 Å². The van der Waals surface area contributed by atoms with Gasteiger partial charge in [0.05, 0.1) is 11.0 Å². The van der Waals surface area contributed by atoms with Crippen LogP contribution in [-0.2, 0) is 6.54 Å². The molecule has 1 saturated heterocycles. The van der Waals surface area contributed by atoms with Crippen LogP contribution >= 0.6 is 0 Å². The van der Waals surface area contributed by atoms with Gasteiger partial charge in [0.2, 0.25) is 0 Å². The number of hydrogen-bond donors (Lipinski definition) is 1. The summed E-state index contributed by atoms with van der Waals surface area (Å²) in [7, 11) is 0. The Bertz CT molecular complexity index is 505. The van der Waals surface area contributed by atoms with E-state index in [1.165, 1.54) is 12.1 Å². The summed E-state index contributed by atoms with van der Waals surface area (Å²) in [5.41, 5.74) is 0.185. The normalized spacial score (nSPS) is 17.1. The second-order valence-electron chi connectivity index (χ2n) is 4.93. The first-order valence-corrected chi connectivity index (χ1v) is 6.58.